The van der Waals surface area contributed by atoms with Crippen LogP contribution in [-0.2, 0) is 6.18 Å². The highest BCUT2D eigenvalue weighted by Crippen LogP contribution is 2.35. The second kappa shape index (κ2) is 5.83. The van der Waals surface area contributed by atoms with Crippen LogP contribution in [0, 0.1) is 5.82 Å². The fourth-order valence-electron chi connectivity index (χ4n) is 1.84. The molecule has 2 aromatic carbocycles. The van der Waals surface area contributed by atoms with Crippen LogP contribution in [-0.4, -0.2) is 5.11 Å². The van der Waals surface area contributed by atoms with Crippen molar-refractivity contribution >= 4 is 23.2 Å². The van der Waals surface area contributed by atoms with E-state index in [2.05, 4.69) is 0 Å². The Labute approximate surface area is 127 Å². The molecule has 2 rings (SSSR count). The van der Waals surface area contributed by atoms with E-state index in [-0.39, 0.29) is 21.2 Å². The highest BCUT2D eigenvalue weighted by Gasteiger charge is 2.32. The van der Waals surface area contributed by atoms with Gasteiger partial charge in [0, 0.05) is 15.6 Å². The molecule has 0 heterocycles. The Kier molecular flexibility index (Phi) is 4.46. The van der Waals surface area contributed by atoms with Gasteiger partial charge < -0.3 is 5.11 Å². The van der Waals surface area contributed by atoms with Crippen LogP contribution in [0.4, 0.5) is 17.6 Å². The number of aliphatic hydroxyl groups is 1. The molecule has 0 amide bonds. The van der Waals surface area contributed by atoms with E-state index in [0.29, 0.717) is 12.1 Å². The van der Waals surface area contributed by atoms with Crippen molar-refractivity contribution in [3.63, 3.8) is 0 Å². The van der Waals surface area contributed by atoms with E-state index >= 15 is 0 Å². The van der Waals surface area contributed by atoms with Crippen LogP contribution < -0.4 is 0 Å². The summed E-state index contributed by atoms with van der Waals surface area (Å²) in [5, 5.41) is 10.5. The van der Waals surface area contributed by atoms with E-state index in [0.717, 1.165) is 6.07 Å². The van der Waals surface area contributed by atoms with Crippen molar-refractivity contribution in [1.82, 2.24) is 0 Å². The average molecular weight is 339 g/mol. The van der Waals surface area contributed by atoms with Gasteiger partial charge >= 0.3 is 6.18 Å². The maximum atomic E-state index is 13.3. The molecule has 1 N–H and O–H groups in total. The molecule has 0 aliphatic heterocycles. The highest BCUT2D eigenvalue weighted by atomic mass is 35.5. The number of hydrogen-bond acceptors (Lipinski definition) is 1. The van der Waals surface area contributed by atoms with Crippen LogP contribution >= 0.6 is 23.2 Å². The summed E-state index contributed by atoms with van der Waals surface area (Å²) in [5.41, 5.74) is -1.34. The normalized spacial score (nSPS) is 13.3. The second-order valence-electron chi connectivity index (χ2n) is 4.34. The average Bonchev–Trinajstić information content (AvgIpc) is 2.39. The highest BCUT2D eigenvalue weighted by molar-refractivity contribution is 6.33. The molecule has 0 fully saturated rings. The third kappa shape index (κ3) is 3.67. The second-order valence-corrected chi connectivity index (χ2v) is 5.18. The Morgan fingerprint density at radius 1 is 1.00 bits per heavy atom. The summed E-state index contributed by atoms with van der Waals surface area (Å²) in [6, 6.07) is 6.02. The minimum absolute atomic E-state index is 0.0999. The van der Waals surface area contributed by atoms with Crippen molar-refractivity contribution < 1.29 is 22.7 Å². The summed E-state index contributed by atoms with van der Waals surface area (Å²) in [6.45, 7) is 0. The van der Waals surface area contributed by atoms with Crippen molar-refractivity contribution in [2.75, 3.05) is 0 Å². The van der Waals surface area contributed by atoms with Crippen LogP contribution in [0.25, 0.3) is 0 Å². The molecule has 0 aliphatic carbocycles. The van der Waals surface area contributed by atoms with Crippen molar-refractivity contribution in [1.29, 1.82) is 0 Å². The molecule has 112 valence electrons. The molecule has 21 heavy (non-hydrogen) atoms. The zero-order valence-electron chi connectivity index (χ0n) is 10.3. The largest absolute Gasteiger partial charge is 0.416 e. The minimum Gasteiger partial charge on any atom is -0.384 e. The van der Waals surface area contributed by atoms with Crippen molar-refractivity contribution in [2.24, 2.45) is 0 Å². The maximum absolute atomic E-state index is 13.3. The first-order valence-electron chi connectivity index (χ1n) is 5.69. The third-order valence-corrected chi connectivity index (χ3v) is 3.40. The predicted octanol–water partition coefficient (Wildman–Crippen LogP) is 5.23. The topological polar surface area (TPSA) is 20.2 Å². The SMILES string of the molecule is OC(c1cc(F)cc(C(F)(F)F)c1)c1cc(Cl)ccc1Cl. The van der Waals surface area contributed by atoms with Crippen LogP contribution in [0.15, 0.2) is 36.4 Å². The summed E-state index contributed by atoms with van der Waals surface area (Å²) in [6.07, 6.45) is -6.23. The molecule has 0 saturated heterocycles. The standard InChI is InChI=1S/C14H8Cl2F4O/c15-9-1-2-12(16)11(6-9)13(21)7-3-8(14(18,19)20)5-10(17)4-7/h1-6,13,21H. The van der Waals surface area contributed by atoms with Crippen LogP contribution in [0.5, 0.6) is 0 Å². The third-order valence-electron chi connectivity index (χ3n) is 2.82. The zero-order chi connectivity index (χ0) is 15.8. The smallest absolute Gasteiger partial charge is 0.384 e. The van der Waals surface area contributed by atoms with E-state index < -0.39 is 23.7 Å². The molecule has 1 atom stereocenters. The lowest BCUT2D eigenvalue weighted by Gasteiger charge is -2.16. The van der Waals surface area contributed by atoms with Crippen molar-refractivity contribution in [2.45, 2.75) is 12.3 Å². The lowest BCUT2D eigenvalue weighted by atomic mass is 9.99. The lowest BCUT2D eigenvalue weighted by Crippen LogP contribution is -2.09. The molecule has 0 spiro atoms. The molecular weight excluding hydrogens is 331 g/mol. The molecule has 0 aliphatic rings. The number of benzene rings is 2. The quantitative estimate of drug-likeness (QED) is 0.743. The molecule has 0 aromatic heterocycles. The van der Waals surface area contributed by atoms with Gasteiger partial charge in [0.25, 0.3) is 0 Å². The van der Waals surface area contributed by atoms with E-state index in [9.17, 15) is 22.7 Å². The summed E-state index contributed by atoms with van der Waals surface area (Å²) in [5.74, 6) is -1.10. The van der Waals surface area contributed by atoms with Gasteiger partial charge in [0.15, 0.2) is 0 Å². The van der Waals surface area contributed by atoms with Crippen LogP contribution in [0.1, 0.15) is 22.8 Å². The molecule has 0 bridgehead atoms. The zero-order valence-corrected chi connectivity index (χ0v) is 11.8. The Hall–Kier alpha value is -1.30. The molecule has 2 aromatic rings. The van der Waals surface area contributed by atoms with Crippen LogP contribution in [0.3, 0.4) is 0 Å². The van der Waals surface area contributed by atoms with Crippen molar-refractivity contribution in [3.8, 4) is 0 Å². The van der Waals surface area contributed by atoms with Crippen molar-refractivity contribution in [3.05, 3.63) is 69.0 Å². The van der Waals surface area contributed by atoms with Gasteiger partial charge in [0.05, 0.1) is 5.56 Å². The summed E-state index contributed by atoms with van der Waals surface area (Å²) in [4.78, 5) is 0. The van der Waals surface area contributed by atoms with Gasteiger partial charge in [-0.1, -0.05) is 23.2 Å². The molecule has 1 unspecified atom stereocenters. The van der Waals surface area contributed by atoms with Gasteiger partial charge in [0.1, 0.15) is 11.9 Å². The number of rotatable bonds is 2. The summed E-state index contributed by atoms with van der Waals surface area (Å²) >= 11 is 11.6. The maximum Gasteiger partial charge on any atom is 0.416 e. The van der Waals surface area contributed by atoms with E-state index in [4.69, 9.17) is 23.2 Å². The van der Waals surface area contributed by atoms with Crippen LogP contribution in [0.2, 0.25) is 10.0 Å². The fraction of sp³-hybridized carbons (Fsp3) is 0.143. The van der Waals surface area contributed by atoms with Gasteiger partial charge in [-0.15, -0.1) is 0 Å². The van der Waals surface area contributed by atoms with E-state index in [1.807, 2.05) is 0 Å². The molecular formula is C14H8Cl2F4O. The Morgan fingerprint density at radius 3 is 2.29 bits per heavy atom. The first-order chi connectivity index (χ1) is 9.68. The minimum atomic E-state index is -4.71. The van der Waals surface area contributed by atoms with E-state index in [1.165, 1.54) is 18.2 Å². The van der Waals surface area contributed by atoms with Gasteiger partial charge in [-0.25, -0.2) is 4.39 Å². The lowest BCUT2D eigenvalue weighted by molar-refractivity contribution is -0.137. The number of alkyl halides is 3. The summed E-state index contributed by atoms with van der Waals surface area (Å²) < 4.78 is 51.3. The molecule has 7 heteroatoms. The summed E-state index contributed by atoms with van der Waals surface area (Å²) in [7, 11) is 0. The molecule has 0 saturated carbocycles. The van der Waals surface area contributed by atoms with Gasteiger partial charge in [0.2, 0.25) is 0 Å². The molecule has 0 radical (unpaired) electrons. The monoisotopic (exact) mass is 338 g/mol. The Morgan fingerprint density at radius 2 is 1.67 bits per heavy atom. The first kappa shape index (κ1) is 16.1. The fourth-order valence-corrected chi connectivity index (χ4v) is 2.24. The van der Waals surface area contributed by atoms with Gasteiger partial charge in [-0.2, -0.15) is 13.2 Å². The number of halogens is 6. The Bertz CT molecular complexity index is 671. The number of hydrogen-bond donors (Lipinski definition) is 1. The number of aliphatic hydroxyl groups excluding tert-OH is 1. The van der Waals surface area contributed by atoms with Gasteiger partial charge in [-0.05, 0) is 42.0 Å². The van der Waals surface area contributed by atoms with E-state index in [1.54, 1.807) is 0 Å². The Balaban J connectivity index is 2.51. The molecule has 1 nitrogen and oxygen atoms in total. The predicted molar refractivity (Wildman–Crippen MR) is 71.9 cm³/mol. The first-order valence-corrected chi connectivity index (χ1v) is 6.45. The van der Waals surface area contributed by atoms with Gasteiger partial charge in [-0.3, -0.25) is 0 Å².